The molecular formula is C66H56. The van der Waals surface area contributed by atoms with Crippen molar-refractivity contribution in [2.45, 2.75) is 77.6 Å². The first-order valence-electron chi connectivity index (χ1n) is 23.9. The van der Waals surface area contributed by atoms with Crippen molar-refractivity contribution in [2.75, 3.05) is 0 Å². The van der Waals surface area contributed by atoms with Crippen LogP contribution in [0.4, 0.5) is 0 Å². The van der Waals surface area contributed by atoms with E-state index in [1.807, 2.05) is 0 Å². The summed E-state index contributed by atoms with van der Waals surface area (Å²) in [4.78, 5) is 0. The van der Waals surface area contributed by atoms with Crippen LogP contribution in [0, 0.1) is 20.8 Å². The second-order valence-electron chi connectivity index (χ2n) is 20.8. The highest BCUT2D eigenvalue weighted by Gasteiger charge is 2.45. The zero-order valence-corrected chi connectivity index (χ0v) is 39.3. The monoisotopic (exact) mass is 848 g/mol. The predicted octanol–water partition coefficient (Wildman–Crippen LogP) is 17.0. The zero-order valence-electron chi connectivity index (χ0n) is 39.3. The van der Waals surface area contributed by atoms with Crippen LogP contribution in [0.3, 0.4) is 0 Å². The number of benzene rings is 9. The highest BCUT2D eigenvalue weighted by Crippen LogP contribution is 2.58. The summed E-state index contributed by atoms with van der Waals surface area (Å²) < 4.78 is 0. The molecule has 0 aliphatic heterocycles. The van der Waals surface area contributed by atoms with Gasteiger partial charge in [-0.15, -0.1) is 0 Å². The van der Waals surface area contributed by atoms with E-state index in [4.69, 9.17) is 0 Å². The molecule has 0 bridgehead atoms. The summed E-state index contributed by atoms with van der Waals surface area (Å²) in [7, 11) is 0. The summed E-state index contributed by atoms with van der Waals surface area (Å²) in [5, 5.41) is 0. The van der Waals surface area contributed by atoms with Gasteiger partial charge in [-0.25, -0.2) is 0 Å². The molecule has 0 radical (unpaired) electrons. The molecule has 12 rings (SSSR count). The van der Waals surface area contributed by atoms with Crippen LogP contribution in [-0.4, -0.2) is 0 Å². The Bertz CT molecular complexity index is 3410. The number of hydrogen-bond acceptors (Lipinski definition) is 0. The van der Waals surface area contributed by atoms with Crippen molar-refractivity contribution in [1.82, 2.24) is 0 Å². The lowest BCUT2D eigenvalue weighted by Gasteiger charge is -2.31. The van der Waals surface area contributed by atoms with Crippen LogP contribution in [0.5, 0.6) is 0 Å². The zero-order chi connectivity index (χ0) is 45.1. The van der Waals surface area contributed by atoms with Crippen molar-refractivity contribution in [3.63, 3.8) is 0 Å². The van der Waals surface area contributed by atoms with Gasteiger partial charge in [-0.1, -0.05) is 220 Å². The predicted molar refractivity (Wildman–Crippen MR) is 279 cm³/mol. The van der Waals surface area contributed by atoms with Crippen LogP contribution in [0.25, 0.3) is 66.8 Å². The molecule has 0 nitrogen and oxygen atoms in total. The first-order valence-corrected chi connectivity index (χ1v) is 23.9. The molecule has 66 heavy (non-hydrogen) atoms. The largest absolute Gasteiger partial charge is 0.0619 e. The van der Waals surface area contributed by atoms with Gasteiger partial charge in [0.1, 0.15) is 0 Å². The minimum Gasteiger partial charge on any atom is -0.0619 e. The standard InChI is InChI=1S/C66H56/c1-41-19-26-45(27-20-41)48-32-34-60-56(37-48)52-13-8-10-17-58(52)66(60,7)40-50-36-49(46-28-21-42(2)22-29-46)38-61-62(50)54-14-9-11-18-59(54)65(61,6)39-44-25-33-57-55(35-44)53-16-12-15-51(63(53)64(57,4)5)47-30-23-43(3)24-31-47/h8-38H,39-40H2,1-7H3. The quantitative estimate of drug-likeness (QED) is 0.150. The molecule has 9 aromatic rings. The maximum Gasteiger partial charge on any atom is 0.0227 e. The van der Waals surface area contributed by atoms with Gasteiger partial charge >= 0.3 is 0 Å². The SMILES string of the molecule is Cc1ccc(-c2ccc3c(c2)-c2ccccc2C3(C)Cc2cc(-c3ccc(C)cc3)cc3c2-c2ccccc2C3(C)Cc2ccc3c(c2)-c2cccc(-c4ccc(C)cc4)c2C3(C)C)cc1. The van der Waals surface area contributed by atoms with Crippen LogP contribution in [0.15, 0.2) is 188 Å². The molecule has 0 amide bonds. The molecule has 3 aliphatic carbocycles. The second-order valence-corrected chi connectivity index (χ2v) is 20.8. The fourth-order valence-corrected chi connectivity index (χ4v) is 12.6. The van der Waals surface area contributed by atoms with Gasteiger partial charge in [-0.05, 0) is 157 Å². The Labute approximate surface area is 391 Å². The summed E-state index contributed by atoms with van der Waals surface area (Å²) in [6, 6.07) is 72.4. The molecule has 2 unspecified atom stereocenters. The van der Waals surface area contributed by atoms with E-state index in [-0.39, 0.29) is 16.2 Å². The van der Waals surface area contributed by atoms with E-state index in [1.165, 1.54) is 128 Å². The van der Waals surface area contributed by atoms with Gasteiger partial charge in [0.05, 0.1) is 0 Å². The van der Waals surface area contributed by atoms with Crippen molar-refractivity contribution >= 4 is 0 Å². The van der Waals surface area contributed by atoms with Crippen molar-refractivity contribution in [3.8, 4) is 66.8 Å². The van der Waals surface area contributed by atoms with Crippen LogP contribution >= 0.6 is 0 Å². The Kier molecular flexibility index (Phi) is 9.05. The normalized spacial score (nSPS) is 18.0. The first-order chi connectivity index (χ1) is 31.9. The van der Waals surface area contributed by atoms with Gasteiger partial charge in [0.2, 0.25) is 0 Å². The molecule has 0 heteroatoms. The lowest BCUT2D eigenvalue weighted by Crippen LogP contribution is -2.26. The van der Waals surface area contributed by atoms with Crippen molar-refractivity contribution < 1.29 is 0 Å². The van der Waals surface area contributed by atoms with E-state index < -0.39 is 0 Å². The average molecular weight is 849 g/mol. The van der Waals surface area contributed by atoms with Gasteiger partial charge in [0, 0.05) is 16.2 Å². The van der Waals surface area contributed by atoms with Crippen LogP contribution in [-0.2, 0) is 29.1 Å². The average Bonchev–Trinajstić information content (AvgIpc) is 3.83. The molecule has 2 atom stereocenters. The number of aryl methyl sites for hydroxylation is 3. The molecule has 320 valence electrons. The topological polar surface area (TPSA) is 0 Å². The van der Waals surface area contributed by atoms with E-state index in [9.17, 15) is 0 Å². The fraction of sp³-hybridized carbons (Fsp3) is 0.182. The minimum atomic E-state index is -0.258. The van der Waals surface area contributed by atoms with Crippen molar-refractivity contribution in [3.05, 3.63) is 249 Å². The Morgan fingerprint density at radius 1 is 0.318 bits per heavy atom. The Balaban J connectivity index is 1.01. The lowest BCUT2D eigenvalue weighted by atomic mass is 9.71. The Morgan fingerprint density at radius 3 is 1.50 bits per heavy atom. The molecule has 0 fully saturated rings. The van der Waals surface area contributed by atoms with Gasteiger partial charge in [0.25, 0.3) is 0 Å². The van der Waals surface area contributed by atoms with E-state index in [1.54, 1.807) is 0 Å². The lowest BCUT2D eigenvalue weighted by molar-refractivity contribution is 0.574. The van der Waals surface area contributed by atoms with Crippen LogP contribution < -0.4 is 0 Å². The second kappa shape index (κ2) is 14.7. The van der Waals surface area contributed by atoms with E-state index >= 15 is 0 Å². The third-order valence-electron chi connectivity index (χ3n) is 16.0. The third kappa shape index (κ3) is 6.11. The van der Waals surface area contributed by atoms with Gasteiger partial charge in [-0.3, -0.25) is 0 Å². The van der Waals surface area contributed by atoms with Crippen LogP contribution in [0.2, 0.25) is 0 Å². The molecule has 0 N–H and O–H groups in total. The Hall–Kier alpha value is -7.02. The molecule has 0 saturated carbocycles. The van der Waals surface area contributed by atoms with Crippen molar-refractivity contribution in [1.29, 1.82) is 0 Å². The van der Waals surface area contributed by atoms with Gasteiger partial charge in [0.15, 0.2) is 0 Å². The summed E-state index contributed by atoms with van der Waals surface area (Å²) in [5.41, 5.74) is 30.5. The fourth-order valence-electron chi connectivity index (χ4n) is 12.6. The highest BCUT2D eigenvalue weighted by atomic mass is 14.5. The first kappa shape index (κ1) is 40.5. The summed E-state index contributed by atoms with van der Waals surface area (Å²) in [5.74, 6) is 0. The summed E-state index contributed by atoms with van der Waals surface area (Å²) in [6.45, 7) is 16.4. The summed E-state index contributed by atoms with van der Waals surface area (Å²) >= 11 is 0. The smallest absolute Gasteiger partial charge is 0.0227 e. The number of fused-ring (bicyclic) bond motifs is 9. The highest BCUT2D eigenvalue weighted by molar-refractivity contribution is 5.91. The molecule has 0 saturated heterocycles. The maximum absolute atomic E-state index is 2.55. The summed E-state index contributed by atoms with van der Waals surface area (Å²) in [6.07, 6.45) is 1.79. The molecule has 0 spiro atoms. The van der Waals surface area contributed by atoms with Gasteiger partial charge in [-0.2, -0.15) is 0 Å². The molecule has 0 aromatic heterocycles. The minimum absolute atomic E-state index is 0.116. The number of hydrogen-bond donors (Lipinski definition) is 0. The molecule has 0 heterocycles. The maximum atomic E-state index is 2.55. The van der Waals surface area contributed by atoms with E-state index in [0.717, 1.165) is 12.8 Å². The van der Waals surface area contributed by atoms with Crippen LogP contribution in [0.1, 0.15) is 88.9 Å². The Morgan fingerprint density at radius 2 is 0.818 bits per heavy atom. The molecule has 9 aromatic carbocycles. The van der Waals surface area contributed by atoms with Gasteiger partial charge < -0.3 is 0 Å². The van der Waals surface area contributed by atoms with Crippen molar-refractivity contribution in [2.24, 2.45) is 0 Å². The van der Waals surface area contributed by atoms with E-state index in [2.05, 4.69) is 237 Å². The molecular weight excluding hydrogens is 793 g/mol. The number of rotatable bonds is 7. The van der Waals surface area contributed by atoms with E-state index in [0.29, 0.717) is 0 Å². The third-order valence-corrected chi connectivity index (χ3v) is 16.0. The molecule has 3 aliphatic rings.